The van der Waals surface area contributed by atoms with Gasteiger partial charge in [0.1, 0.15) is 0 Å². The molecule has 1 unspecified atom stereocenters. The summed E-state index contributed by atoms with van der Waals surface area (Å²) in [6.07, 6.45) is 1.80. The van der Waals surface area contributed by atoms with Gasteiger partial charge < -0.3 is 5.32 Å². The first-order chi connectivity index (χ1) is 5.79. The lowest BCUT2D eigenvalue weighted by Crippen LogP contribution is -2.50. The molecule has 0 amide bonds. The van der Waals surface area contributed by atoms with E-state index in [0.717, 1.165) is 0 Å². The van der Waals surface area contributed by atoms with Gasteiger partial charge in [-0.3, -0.25) is 4.79 Å². The Morgan fingerprint density at radius 1 is 1.46 bits per heavy atom. The molecule has 0 bridgehead atoms. The van der Waals surface area contributed by atoms with Gasteiger partial charge in [-0.25, -0.2) is 0 Å². The molecule has 0 aliphatic carbocycles. The number of thiol groups is 1. The largest absolute Gasteiger partial charge is 0.303 e. The summed E-state index contributed by atoms with van der Waals surface area (Å²) in [5, 5.41) is 3.37. The summed E-state index contributed by atoms with van der Waals surface area (Å²) < 4.78 is -0.315. The smallest absolute Gasteiger partial charge is 0.206 e. The van der Waals surface area contributed by atoms with Crippen LogP contribution in [0, 0.1) is 0 Å². The fourth-order valence-corrected chi connectivity index (χ4v) is 1.89. The van der Waals surface area contributed by atoms with Crippen LogP contribution in [-0.2, 0) is 4.79 Å². The average molecular weight is 221 g/mol. The standard InChI is InChI=1S/C9H19NOS2/c1-6(2)10-7(8(11)13-5)9(3,4)12/h6-7,10,12H,1-5H3. The maximum atomic E-state index is 11.5. The maximum absolute atomic E-state index is 11.5. The van der Waals surface area contributed by atoms with Crippen LogP contribution >= 0.6 is 24.4 Å². The van der Waals surface area contributed by atoms with Crippen molar-refractivity contribution < 1.29 is 4.79 Å². The summed E-state index contributed by atoms with van der Waals surface area (Å²) in [6, 6.07) is 0.110. The van der Waals surface area contributed by atoms with Crippen molar-refractivity contribution in [3.63, 3.8) is 0 Å². The van der Waals surface area contributed by atoms with E-state index in [2.05, 4.69) is 17.9 Å². The zero-order valence-corrected chi connectivity index (χ0v) is 10.6. The molecule has 13 heavy (non-hydrogen) atoms. The molecule has 1 atom stereocenters. The summed E-state index contributed by atoms with van der Waals surface area (Å²) >= 11 is 5.67. The third-order valence-electron chi connectivity index (χ3n) is 1.64. The van der Waals surface area contributed by atoms with Crippen molar-refractivity contribution in [2.24, 2.45) is 0 Å². The molecule has 0 aromatic rings. The van der Waals surface area contributed by atoms with E-state index in [4.69, 9.17) is 0 Å². The van der Waals surface area contributed by atoms with E-state index in [1.807, 2.05) is 27.7 Å². The van der Waals surface area contributed by atoms with E-state index < -0.39 is 0 Å². The van der Waals surface area contributed by atoms with Crippen molar-refractivity contribution in [3.05, 3.63) is 0 Å². The third-order valence-corrected chi connectivity index (χ3v) is 2.54. The van der Waals surface area contributed by atoms with Crippen LogP contribution in [0.5, 0.6) is 0 Å². The van der Waals surface area contributed by atoms with Crippen LogP contribution in [0.15, 0.2) is 0 Å². The minimum atomic E-state index is -0.315. The molecule has 0 saturated carbocycles. The summed E-state index contributed by atoms with van der Waals surface area (Å²) in [5.41, 5.74) is 0. The Hall–Kier alpha value is 0.330. The molecule has 0 radical (unpaired) electrons. The molecule has 0 fully saturated rings. The van der Waals surface area contributed by atoms with E-state index in [1.54, 1.807) is 6.26 Å². The fourth-order valence-electron chi connectivity index (χ4n) is 1.01. The van der Waals surface area contributed by atoms with Crippen molar-refractivity contribution in [3.8, 4) is 0 Å². The van der Waals surface area contributed by atoms with Gasteiger partial charge in [-0.2, -0.15) is 12.6 Å². The first-order valence-corrected chi connectivity index (χ1v) is 6.02. The van der Waals surface area contributed by atoms with Gasteiger partial charge in [0.25, 0.3) is 0 Å². The van der Waals surface area contributed by atoms with E-state index in [1.165, 1.54) is 11.8 Å². The van der Waals surface area contributed by atoms with Crippen molar-refractivity contribution in [2.45, 2.75) is 44.5 Å². The predicted molar refractivity (Wildman–Crippen MR) is 63.6 cm³/mol. The Morgan fingerprint density at radius 3 is 2.15 bits per heavy atom. The Morgan fingerprint density at radius 2 is 1.92 bits per heavy atom. The second-order valence-electron chi connectivity index (χ2n) is 3.93. The second-order valence-corrected chi connectivity index (χ2v) is 5.89. The molecule has 0 rings (SSSR count). The van der Waals surface area contributed by atoms with Crippen molar-refractivity contribution in [2.75, 3.05) is 6.26 Å². The molecule has 2 nitrogen and oxygen atoms in total. The predicted octanol–water partition coefficient (Wildman–Crippen LogP) is 1.95. The molecule has 0 aromatic carbocycles. The van der Waals surface area contributed by atoms with Crippen LogP contribution in [-0.4, -0.2) is 28.2 Å². The Labute approximate surface area is 90.6 Å². The van der Waals surface area contributed by atoms with Crippen LogP contribution in [0.4, 0.5) is 0 Å². The van der Waals surface area contributed by atoms with Gasteiger partial charge in [0.05, 0.1) is 6.04 Å². The zero-order chi connectivity index (χ0) is 10.6. The monoisotopic (exact) mass is 221 g/mol. The molecule has 0 spiro atoms. The molecule has 78 valence electrons. The summed E-state index contributed by atoms with van der Waals surface area (Å²) in [5.74, 6) is 0. The van der Waals surface area contributed by atoms with Crippen molar-refractivity contribution >= 4 is 29.5 Å². The van der Waals surface area contributed by atoms with Crippen LogP contribution < -0.4 is 5.32 Å². The molecule has 0 aromatic heterocycles. The van der Waals surface area contributed by atoms with Gasteiger partial charge in [0.15, 0.2) is 0 Å². The summed E-state index contributed by atoms with van der Waals surface area (Å²) in [4.78, 5) is 11.5. The molecule has 0 aliphatic rings. The minimum absolute atomic E-state index is 0.147. The van der Waals surface area contributed by atoms with E-state index in [0.29, 0.717) is 6.04 Å². The molecule has 1 N–H and O–H groups in total. The summed E-state index contributed by atoms with van der Waals surface area (Å²) in [6.45, 7) is 7.95. The van der Waals surface area contributed by atoms with Gasteiger partial charge in [0, 0.05) is 10.8 Å². The Balaban J connectivity index is 4.47. The Kier molecular flexibility index (Phi) is 5.40. The lowest BCUT2D eigenvalue weighted by molar-refractivity contribution is -0.113. The summed E-state index contributed by atoms with van der Waals surface area (Å²) in [7, 11) is 0. The number of nitrogens with one attached hydrogen (secondary N) is 1. The Bertz CT molecular complexity index is 175. The lowest BCUT2D eigenvalue weighted by Gasteiger charge is -2.30. The number of thioether (sulfide) groups is 1. The zero-order valence-electron chi connectivity index (χ0n) is 8.92. The van der Waals surface area contributed by atoms with Crippen molar-refractivity contribution in [1.82, 2.24) is 5.32 Å². The minimum Gasteiger partial charge on any atom is -0.303 e. The van der Waals surface area contributed by atoms with Crippen LogP contribution in [0.2, 0.25) is 0 Å². The molecule has 0 saturated heterocycles. The van der Waals surface area contributed by atoms with E-state index in [-0.39, 0.29) is 15.9 Å². The highest BCUT2D eigenvalue weighted by Gasteiger charge is 2.31. The fraction of sp³-hybridized carbons (Fsp3) is 0.889. The van der Waals surface area contributed by atoms with Crippen LogP contribution in [0.3, 0.4) is 0 Å². The topological polar surface area (TPSA) is 29.1 Å². The van der Waals surface area contributed by atoms with Gasteiger partial charge in [-0.15, -0.1) is 0 Å². The quantitative estimate of drug-likeness (QED) is 0.711. The van der Waals surface area contributed by atoms with Crippen LogP contribution in [0.25, 0.3) is 0 Å². The lowest BCUT2D eigenvalue weighted by atomic mass is 10.0. The third kappa shape index (κ3) is 4.93. The number of carbonyl (C=O) groups is 1. The first kappa shape index (κ1) is 13.3. The highest BCUT2D eigenvalue weighted by molar-refractivity contribution is 8.13. The maximum Gasteiger partial charge on any atom is 0.206 e. The number of rotatable bonds is 4. The molecule has 4 heteroatoms. The molecular formula is C9H19NOS2. The number of hydrogen-bond acceptors (Lipinski definition) is 4. The molecule has 0 aliphatic heterocycles. The number of carbonyl (C=O) groups excluding carboxylic acids is 1. The molecular weight excluding hydrogens is 202 g/mol. The average Bonchev–Trinajstić information content (AvgIpc) is 1.96. The highest BCUT2D eigenvalue weighted by atomic mass is 32.2. The second kappa shape index (κ2) is 5.27. The first-order valence-electron chi connectivity index (χ1n) is 4.35. The number of hydrogen-bond donors (Lipinski definition) is 2. The molecule has 0 heterocycles. The van der Waals surface area contributed by atoms with Gasteiger partial charge >= 0.3 is 0 Å². The van der Waals surface area contributed by atoms with Gasteiger partial charge in [-0.1, -0.05) is 25.6 Å². The van der Waals surface area contributed by atoms with Crippen molar-refractivity contribution in [1.29, 1.82) is 0 Å². The SMILES string of the molecule is CSC(=O)C(NC(C)C)C(C)(C)S. The van der Waals surface area contributed by atoms with Crippen LogP contribution in [0.1, 0.15) is 27.7 Å². The van der Waals surface area contributed by atoms with Gasteiger partial charge in [-0.05, 0) is 20.1 Å². The van der Waals surface area contributed by atoms with E-state index >= 15 is 0 Å². The van der Waals surface area contributed by atoms with E-state index in [9.17, 15) is 4.79 Å². The normalized spacial score (nSPS) is 14.7. The van der Waals surface area contributed by atoms with Gasteiger partial charge in [0.2, 0.25) is 5.12 Å². The highest BCUT2D eigenvalue weighted by Crippen LogP contribution is 2.21.